The summed E-state index contributed by atoms with van der Waals surface area (Å²) >= 11 is 0. The van der Waals surface area contributed by atoms with Crippen molar-refractivity contribution in [2.75, 3.05) is 13.1 Å². The summed E-state index contributed by atoms with van der Waals surface area (Å²) in [6, 6.07) is 16.6. The molecule has 1 saturated heterocycles. The third-order valence-corrected chi connectivity index (χ3v) is 7.00. The third-order valence-electron chi connectivity index (χ3n) is 7.00. The number of carbonyl (C=O) groups excluding carboxylic acids is 2. The number of hydrogen-bond donors (Lipinski definition) is 1. The number of hydrogen-bond acceptors (Lipinski definition) is 4. The summed E-state index contributed by atoms with van der Waals surface area (Å²) in [5.41, 5.74) is 1.61. The first kappa shape index (κ1) is 24.8. The van der Waals surface area contributed by atoms with Crippen LogP contribution in [0.3, 0.4) is 0 Å². The largest absolute Gasteiger partial charge is 0.478 e. The zero-order valence-electron chi connectivity index (χ0n) is 20.7. The molecule has 1 aliphatic carbocycles. The highest BCUT2D eigenvalue weighted by Crippen LogP contribution is 2.60. The van der Waals surface area contributed by atoms with E-state index in [0.29, 0.717) is 26.2 Å². The Balaban J connectivity index is 1.43. The fourth-order valence-electron chi connectivity index (χ4n) is 4.92. The van der Waals surface area contributed by atoms with Crippen molar-refractivity contribution in [1.82, 2.24) is 9.80 Å². The molecule has 2 amide bonds. The zero-order valence-corrected chi connectivity index (χ0v) is 20.7. The number of carboxylic acids is 1. The number of carboxylic acid groups (broad SMARTS) is 1. The predicted molar refractivity (Wildman–Crippen MR) is 132 cm³/mol. The average Bonchev–Trinajstić information content (AvgIpc) is 3.51. The molecular weight excluding hydrogens is 444 g/mol. The molecule has 0 unspecified atom stereocenters. The van der Waals surface area contributed by atoms with Gasteiger partial charge in [0.15, 0.2) is 0 Å². The third kappa shape index (κ3) is 6.02. The molecule has 0 aromatic heterocycles. The maximum Gasteiger partial charge on any atom is 0.410 e. The number of likely N-dealkylation sites (tertiary alicyclic amines) is 1. The van der Waals surface area contributed by atoms with Gasteiger partial charge in [0.25, 0.3) is 0 Å². The van der Waals surface area contributed by atoms with E-state index in [-0.39, 0.29) is 28.9 Å². The smallest absolute Gasteiger partial charge is 0.410 e. The van der Waals surface area contributed by atoms with Gasteiger partial charge < -0.3 is 19.6 Å². The number of aromatic carboxylic acids is 1. The van der Waals surface area contributed by atoms with Crippen molar-refractivity contribution >= 4 is 18.0 Å². The molecule has 1 saturated carbocycles. The lowest BCUT2D eigenvalue weighted by atomic mass is 9.90. The summed E-state index contributed by atoms with van der Waals surface area (Å²) < 4.78 is 5.51. The number of piperidine rings is 1. The molecule has 0 radical (unpaired) electrons. The Morgan fingerprint density at radius 3 is 2.09 bits per heavy atom. The second kappa shape index (κ2) is 9.72. The van der Waals surface area contributed by atoms with Gasteiger partial charge in [-0.25, -0.2) is 9.59 Å². The molecule has 1 aliphatic heterocycles. The molecule has 35 heavy (non-hydrogen) atoms. The number of benzene rings is 2. The average molecular weight is 479 g/mol. The monoisotopic (exact) mass is 478 g/mol. The molecular formula is C28H34N2O5. The Morgan fingerprint density at radius 2 is 1.54 bits per heavy atom. The number of ether oxygens (including phenoxy) is 1. The van der Waals surface area contributed by atoms with Crippen LogP contribution in [-0.4, -0.2) is 51.6 Å². The van der Waals surface area contributed by atoms with Gasteiger partial charge in [-0.15, -0.1) is 0 Å². The first-order chi connectivity index (χ1) is 16.6. The van der Waals surface area contributed by atoms with Gasteiger partial charge in [0, 0.05) is 32.1 Å². The highest BCUT2D eigenvalue weighted by atomic mass is 16.6. The van der Waals surface area contributed by atoms with Gasteiger partial charge in [-0.1, -0.05) is 42.5 Å². The van der Waals surface area contributed by atoms with Gasteiger partial charge in [-0.05, 0) is 68.7 Å². The SMILES string of the molecule is CC(C)(C)OC(=O)N1CCC2(CC1)C[C@@H]2C(=O)N(Cc1ccccc1)Cc1ccc(C(=O)O)cc1. The van der Waals surface area contributed by atoms with Crippen molar-refractivity contribution in [2.24, 2.45) is 11.3 Å². The maximum absolute atomic E-state index is 13.7. The van der Waals surface area contributed by atoms with Crippen LogP contribution in [-0.2, 0) is 22.6 Å². The van der Waals surface area contributed by atoms with Crippen LogP contribution in [0.1, 0.15) is 61.5 Å². The van der Waals surface area contributed by atoms with E-state index in [2.05, 4.69) is 0 Å². The minimum absolute atomic E-state index is 0.0439. The molecule has 1 N–H and O–H groups in total. The van der Waals surface area contributed by atoms with Crippen LogP contribution in [0, 0.1) is 11.3 Å². The van der Waals surface area contributed by atoms with E-state index in [4.69, 9.17) is 4.74 Å². The van der Waals surface area contributed by atoms with E-state index in [1.807, 2.05) is 56.0 Å². The molecule has 4 rings (SSSR count). The number of rotatable bonds is 6. The standard InChI is InChI=1S/C28H34N2O5/c1-27(2,3)35-26(34)29-15-13-28(14-16-29)17-23(28)24(31)30(18-20-7-5-4-6-8-20)19-21-9-11-22(12-10-21)25(32)33/h4-12,23H,13-19H2,1-3H3,(H,32,33)/t23-/m1/s1. The zero-order chi connectivity index (χ0) is 25.2. The van der Waals surface area contributed by atoms with Crippen molar-refractivity contribution in [3.05, 3.63) is 71.3 Å². The molecule has 2 aromatic carbocycles. The van der Waals surface area contributed by atoms with E-state index < -0.39 is 11.6 Å². The fraction of sp³-hybridized carbons (Fsp3) is 0.464. The van der Waals surface area contributed by atoms with Crippen LogP contribution >= 0.6 is 0 Å². The van der Waals surface area contributed by atoms with E-state index in [1.54, 1.807) is 29.2 Å². The van der Waals surface area contributed by atoms with E-state index in [0.717, 1.165) is 30.4 Å². The van der Waals surface area contributed by atoms with Crippen LogP contribution < -0.4 is 0 Å². The summed E-state index contributed by atoms with van der Waals surface area (Å²) in [4.78, 5) is 40.9. The fourth-order valence-corrected chi connectivity index (χ4v) is 4.92. The van der Waals surface area contributed by atoms with Gasteiger partial charge in [0.2, 0.25) is 5.91 Å². The second-order valence-electron chi connectivity index (χ2n) is 10.8. The molecule has 7 nitrogen and oxygen atoms in total. The quantitative estimate of drug-likeness (QED) is 0.635. The van der Waals surface area contributed by atoms with Gasteiger partial charge in [0.05, 0.1) is 5.56 Å². The first-order valence-electron chi connectivity index (χ1n) is 12.2. The molecule has 2 aliphatic rings. The lowest BCUT2D eigenvalue weighted by molar-refractivity contribution is -0.135. The second-order valence-corrected chi connectivity index (χ2v) is 10.8. The molecule has 7 heteroatoms. The van der Waals surface area contributed by atoms with E-state index >= 15 is 0 Å². The van der Waals surface area contributed by atoms with Gasteiger partial charge in [-0.2, -0.15) is 0 Å². The van der Waals surface area contributed by atoms with Crippen LogP contribution in [0.4, 0.5) is 4.79 Å². The molecule has 1 atom stereocenters. The van der Waals surface area contributed by atoms with Crippen molar-refractivity contribution < 1.29 is 24.2 Å². The maximum atomic E-state index is 13.7. The van der Waals surface area contributed by atoms with Crippen LogP contribution in [0.5, 0.6) is 0 Å². The normalized spacial score (nSPS) is 18.7. The molecule has 2 aromatic rings. The predicted octanol–water partition coefficient (Wildman–Crippen LogP) is 4.95. The Kier molecular flexibility index (Phi) is 6.88. The summed E-state index contributed by atoms with van der Waals surface area (Å²) in [6.07, 6.45) is 2.16. The number of carbonyl (C=O) groups is 3. The molecule has 1 heterocycles. The minimum atomic E-state index is -0.966. The van der Waals surface area contributed by atoms with E-state index in [9.17, 15) is 19.5 Å². The Morgan fingerprint density at radius 1 is 0.971 bits per heavy atom. The highest BCUT2D eigenvalue weighted by Gasteiger charge is 2.59. The highest BCUT2D eigenvalue weighted by molar-refractivity contribution is 5.87. The minimum Gasteiger partial charge on any atom is -0.478 e. The molecule has 2 fully saturated rings. The lowest BCUT2D eigenvalue weighted by Crippen LogP contribution is -2.43. The van der Waals surface area contributed by atoms with Crippen LogP contribution in [0.25, 0.3) is 0 Å². The summed E-state index contributed by atoms with van der Waals surface area (Å²) in [5, 5.41) is 9.17. The Labute approximate surface area is 206 Å². The number of nitrogens with zero attached hydrogens (tertiary/aromatic N) is 2. The van der Waals surface area contributed by atoms with Crippen molar-refractivity contribution in [3.8, 4) is 0 Å². The Bertz CT molecular complexity index is 1070. The number of amides is 2. The van der Waals surface area contributed by atoms with Crippen LogP contribution in [0.15, 0.2) is 54.6 Å². The van der Waals surface area contributed by atoms with Gasteiger partial charge in [-0.3, -0.25) is 4.79 Å². The summed E-state index contributed by atoms with van der Waals surface area (Å²) in [5.74, 6) is -0.890. The van der Waals surface area contributed by atoms with Crippen molar-refractivity contribution in [2.45, 2.75) is 58.7 Å². The molecule has 186 valence electrons. The summed E-state index contributed by atoms with van der Waals surface area (Å²) in [7, 11) is 0. The van der Waals surface area contributed by atoms with Crippen molar-refractivity contribution in [1.29, 1.82) is 0 Å². The molecule has 1 spiro atoms. The van der Waals surface area contributed by atoms with Gasteiger partial charge >= 0.3 is 12.1 Å². The van der Waals surface area contributed by atoms with Crippen molar-refractivity contribution in [3.63, 3.8) is 0 Å². The molecule has 0 bridgehead atoms. The van der Waals surface area contributed by atoms with E-state index in [1.165, 1.54) is 0 Å². The topological polar surface area (TPSA) is 87.2 Å². The lowest BCUT2D eigenvalue weighted by Gasteiger charge is -2.34. The Hall–Kier alpha value is -3.35. The van der Waals surface area contributed by atoms with Crippen LogP contribution in [0.2, 0.25) is 0 Å². The first-order valence-corrected chi connectivity index (χ1v) is 12.2. The van der Waals surface area contributed by atoms with Gasteiger partial charge in [0.1, 0.15) is 5.60 Å². The summed E-state index contributed by atoms with van der Waals surface area (Å²) in [6.45, 7) is 7.72.